The van der Waals surface area contributed by atoms with Gasteiger partial charge in [-0.1, -0.05) is 0 Å². The van der Waals surface area contributed by atoms with Crippen LogP contribution in [0.2, 0.25) is 0 Å². The predicted octanol–water partition coefficient (Wildman–Crippen LogP) is 0.772. The molecule has 12 heavy (non-hydrogen) atoms. The van der Waals surface area contributed by atoms with E-state index in [4.69, 9.17) is 9.84 Å². The molecule has 0 radical (unpaired) electrons. The zero-order valence-electron chi connectivity index (χ0n) is 8.55. The SMILES string of the molecule is CCOC(C)(C)CNCC(C)O. The molecule has 0 aliphatic rings. The average molecular weight is 175 g/mol. The molecule has 0 aliphatic carbocycles. The molecule has 0 bridgehead atoms. The van der Waals surface area contributed by atoms with Gasteiger partial charge in [0.2, 0.25) is 0 Å². The van der Waals surface area contributed by atoms with Gasteiger partial charge in [-0.3, -0.25) is 0 Å². The summed E-state index contributed by atoms with van der Waals surface area (Å²) in [5.41, 5.74) is -0.135. The highest BCUT2D eigenvalue weighted by molar-refractivity contribution is 4.71. The molecular formula is C9H21NO2. The zero-order chi connectivity index (χ0) is 9.61. The van der Waals surface area contributed by atoms with E-state index in [1.54, 1.807) is 6.92 Å². The molecular weight excluding hydrogens is 154 g/mol. The Balaban J connectivity index is 3.46. The Labute approximate surface area is 75.1 Å². The molecule has 2 N–H and O–H groups in total. The molecule has 0 saturated carbocycles. The zero-order valence-corrected chi connectivity index (χ0v) is 8.55. The third-order valence-corrected chi connectivity index (χ3v) is 1.53. The minimum Gasteiger partial charge on any atom is -0.392 e. The lowest BCUT2D eigenvalue weighted by Gasteiger charge is -2.25. The molecule has 0 heterocycles. The maximum atomic E-state index is 8.98. The van der Waals surface area contributed by atoms with Gasteiger partial charge < -0.3 is 15.2 Å². The molecule has 3 heteroatoms. The highest BCUT2D eigenvalue weighted by Crippen LogP contribution is 2.06. The van der Waals surface area contributed by atoms with Crippen LogP contribution in [0.15, 0.2) is 0 Å². The summed E-state index contributed by atoms with van der Waals surface area (Å²) in [6, 6.07) is 0. The maximum absolute atomic E-state index is 8.98. The second-order valence-corrected chi connectivity index (χ2v) is 3.67. The summed E-state index contributed by atoms with van der Waals surface area (Å²) in [6.45, 7) is 9.93. The van der Waals surface area contributed by atoms with Crippen LogP contribution in [-0.2, 0) is 4.74 Å². The van der Waals surface area contributed by atoms with Gasteiger partial charge in [0, 0.05) is 19.7 Å². The van der Waals surface area contributed by atoms with Gasteiger partial charge in [0.1, 0.15) is 0 Å². The number of aliphatic hydroxyl groups is 1. The summed E-state index contributed by atoms with van der Waals surface area (Å²) >= 11 is 0. The molecule has 0 rings (SSSR count). The second kappa shape index (κ2) is 5.51. The Morgan fingerprint density at radius 3 is 2.50 bits per heavy atom. The summed E-state index contributed by atoms with van der Waals surface area (Å²) in [4.78, 5) is 0. The number of hydrogen-bond acceptors (Lipinski definition) is 3. The van der Waals surface area contributed by atoms with E-state index >= 15 is 0 Å². The molecule has 0 saturated heterocycles. The molecule has 0 amide bonds. The van der Waals surface area contributed by atoms with Crippen molar-refractivity contribution in [2.24, 2.45) is 0 Å². The Kier molecular flexibility index (Phi) is 5.46. The molecule has 0 aromatic rings. The van der Waals surface area contributed by atoms with Crippen molar-refractivity contribution in [3.8, 4) is 0 Å². The summed E-state index contributed by atoms with van der Waals surface area (Å²) in [5.74, 6) is 0. The van der Waals surface area contributed by atoms with Gasteiger partial charge in [0.05, 0.1) is 11.7 Å². The van der Waals surface area contributed by atoms with E-state index < -0.39 is 0 Å². The number of hydrogen-bond donors (Lipinski definition) is 2. The van der Waals surface area contributed by atoms with Gasteiger partial charge in [0.25, 0.3) is 0 Å². The first-order chi connectivity index (χ1) is 5.48. The first-order valence-electron chi connectivity index (χ1n) is 4.50. The Morgan fingerprint density at radius 2 is 2.08 bits per heavy atom. The average Bonchev–Trinajstić information content (AvgIpc) is 1.85. The highest BCUT2D eigenvalue weighted by Gasteiger charge is 2.16. The van der Waals surface area contributed by atoms with Crippen LogP contribution in [0.4, 0.5) is 0 Å². The minimum absolute atomic E-state index is 0.135. The van der Waals surface area contributed by atoms with Crippen LogP contribution in [-0.4, -0.2) is 36.5 Å². The monoisotopic (exact) mass is 175 g/mol. The number of ether oxygens (including phenoxy) is 1. The van der Waals surface area contributed by atoms with Gasteiger partial charge >= 0.3 is 0 Å². The fourth-order valence-corrected chi connectivity index (χ4v) is 1.02. The van der Waals surface area contributed by atoms with Crippen LogP contribution in [0.25, 0.3) is 0 Å². The second-order valence-electron chi connectivity index (χ2n) is 3.67. The topological polar surface area (TPSA) is 41.5 Å². The molecule has 1 unspecified atom stereocenters. The molecule has 0 aliphatic heterocycles. The van der Waals surface area contributed by atoms with Crippen molar-refractivity contribution in [2.75, 3.05) is 19.7 Å². The molecule has 0 aromatic carbocycles. The van der Waals surface area contributed by atoms with Crippen LogP contribution >= 0.6 is 0 Å². The summed E-state index contributed by atoms with van der Waals surface area (Å²) in [6.07, 6.45) is -0.289. The number of nitrogens with one attached hydrogen (secondary N) is 1. The van der Waals surface area contributed by atoms with Crippen molar-refractivity contribution < 1.29 is 9.84 Å². The van der Waals surface area contributed by atoms with Crippen molar-refractivity contribution in [3.05, 3.63) is 0 Å². The standard InChI is InChI=1S/C9H21NO2/c1-5-12-9(3,4)7-10-6-8(2)11/h8,10-11H,5-7H2,1-4H3. The van der Waals surface area contributed by atoms with E-state index in [2.05, 4.69) is 5.32 Å². The third kappa shape index (κ3) is 6.58. The summed E-state index contributed by atoms with van der Waals surface area (Å²) < 4.78 is 5.47. The molecule has 1 atom stereocenters. The van der Waals surface area contributed by atoms with Crippen molar-refractivity contribution in [1.82, 2.24) is 5.32 Å². The van der Waals surface area contributed by atoms with Crippen molar-refractivity contribution >= 4 is 0 Å². The van der Waals surface area contributed by atoms with Gasteiger partial charge in [-0.25, -0.2) is 0 Å². The van der Waals surface area contributed by atoms with E-state index in [1.807, 2.05) is 20.8 Å². The number of aliphatic hydroxyl groups excluding tert-OH is 1. The van der Waals surface area contributed by atoms with Crippen LogP contribution < -0.4 is 5.32 Å². The minimum atomic E-state index is -0.289. The van der Waals surface area contributed by atoms with Crippen molar-refractivity contribution in [2.45, 2.75) is 39.4 Å². The smallest absolute Gasteiger partial charge is 0.0750 e. The van der Waals surface area contributed by atoms with Crippen LogP contribution in [0.1, 0.15) is 27.7 Å². The third-order valence-electron chi connectivity index (χ3n) is 1.53. The first kappa shape index (κ1) is 11.9. The Hall–Kier alpha value is -0.120. The molecule has 3 nitrogen and oxygen atoms in total. The van der Waals surface area contributed by atoms with Crippen molar-refractivity contribution in [3.63, 3.8) is 0 Å². The van der Waals surface area contributed by atoms with E-state index in [-0.39, 0.29) is 11.7 Å². The summed E-state index contributed by atoms with van der Waals surface area (Å²) in [5, 5.41) is 12.1. The quantitative estimate of drug-likeness (QED) is 0.626. The van der Waals surface area contributed by atoms with Crippen LogP contribution in [0, 0.1) is 0 Å². The number of rotatable bonds is 6. The van der Waals surface area contributed by atoms with E-state index in [9.17, 15) is 0 Å². The lowest BCUT2D eigenvalue weighted by atomic mass is 10.1. The normalized spacial score (nSPS) is 14.8. The van der Waals surface area contributed by atoms with E-state index in [0.29, 0.717) is 6.54 Å². The first-order valence-corrected chi connectivity index (χ1v) is 4.50. The molecule has 74 valence electrons. The van der Waals surface area contributed by atoms with Gasteiger partial charge in [-0.2, -0.15) is 0 Å². The van der Waals surface area contributed by atoms with Crippen molar-refractivity contribution in [1.29, 1.82) is 0 Å². The fraction of sp³-hybridized carbons (Fsp3) is 1.00. The largest absolute Gasteiger partial charge is 0.392 e. The lowest BCUT2D eigenvalue weighted by Crippen LogP contribution is -2.40. The van der Waals surface area contributed by atoms with E-state index in [1.165, 1.54) is 0 Å². The summed E-state index contributed by atoms with van der Waals surface area (Å²) in [7, 11) is 0. The highest BCUT2D eigenvalue weighted by atomic mass is 16.5. The predicted molar refractivity (Wildman–Crippen MR) is 50.3 cm³/mol. The maximum Gasteiger partial charge on any atom is 0.0750 e. The van der Waals surface area contributed by atoms with Gasteiger partial charge in [0.15, 0.2) is 0 Å². The van der Waals surface area contributed by atoms with Crippen LogP contribution in [0.3, 0.4) is 0 Å². The van der Waals surface area contributed by atoms with Gasteiger partial charge in [-0.15, -0.1) is 0 Å². The Morgan fingerprint density at radius 1 is 1.50 bits per heavy atom. The fourth-order valence-electron chi connectivity index (χ4n) is 1.02. The molecule has 0 fully saturated rings. The molecule has 0 aromatic heterocycles. The van der Waals surface area contributed by atoms with Gasteiger partial charge in [-0.05, 0) is 27.7 Å². The lowest BCUT2D eigenvalue weighted by molar-refractivity contribution is -0.0101. The Bertz CT molecular complexity index is 113. The van der Waals surface area contributed by atoms with Crippen LogP contribution in [0.5, 0.6) is 0 Å². The molecule has 0 spiro atoms. The van der Waals surface area contributed by atoms with E-state index in [0.717, 1.165) is 13.2 Å².